The van der Waals surface area contributed by atoms with Crippen LogP contribution < -0.4 is 29.0 Å². The van der Waals surface area contributed by atoms with Crippen molar-refractivity contribution in [3.8, 4) is 28.7 Å². The van der Waals surface area contributed by atoms with Crippen molar-refractivity contribution in [2.45, 2.75) is 48.7 Å². The van der Waals surface area contributed by atoms with Gasteiger partial charge in [-0.1, -0.05) is 6.07 Å². The number of sulfonamides is 1. The molecule has 0 aromatic heterocycles. The van der Waals surface area contributed by atoms with Gasteiger partial charge in [-0.2, -0.15) is 4.31 Å². The number of piperazine rings is 1. The minimum absolute atomic E-state index is 0.103. The van der Waals surface area contributed by atoms with Crippen LogP contribution in [0.3, 0.4) is 0 Å². The van der Waals surface area contributed by atoms with Crippen molar-refractivity contribution in [3.05, 3.63) is 59.7 Å². The van der Waals surface area contributed by atoms with Crippen molar-refractivity contribution in [1.82, 2.24) is 9.21 Å². The molecular weight excluding hydrogens is 586 g/mol. The SMILES string of the molecule is COc1cc2c(c(OC)c1)C1C3CCCC(C(=O)N1CC2)N3S(=O)(=O)c1cccc(Nc2cc(OC)c(OC)c(OC)c2)c1. The summed E-state index contributed by atoms with van der Waals surface area (Å²) < 4.78 is 58.1. The number of benzene rings is 3. The maximum atomic E-state index is 14.5. The highest BCUT2D eigenvalue weighted by Crippen LogP contribution is 2.50. The Morgan fingerprint density at radius 3 is 2.20 bits per heavy atom. The second kappa shape index (κ2) is 11.7. The lowest BCUT2D eigenvalue weighted by Gasteiger charge is -2.54. The zero-order chi connectivity index (χ0) is 31.2. The topological polar surface area (TPSA) is 116 Å². The minimum atomic E-state index is -4.08. The first-order valence-corrected chi connectivity index (χ1v) is 16.0. The average molecular weight is 624 g/mol. The molecule has 0 spiro atoms. The van der Waals surface area contributed by atoms with Gasteiger partial charge < -0.3 is 33.9 Å². The van der Waals surface area contributed by atoms with Crippen LogP contribution in [0.5, 0.6) is 28.7 Å². The van der Waals surface area contributed by atoms with Gasteiger partial charge >= 0.3 is 0 Å². The fourth-order valence-electron chi connectivity index (χ4n) is 6.92. The Bertz CT molecular complexity index is 1650. The molecule has 11 nitrogen and oxygen atoms in total. The van der Waals surface area contributed by atoms with Crippen molar-refractivity contribution in [1.29, 1.82) is 0 Å². The van der Waals surface area contributed by atoms with E-state index in [1.165, 1.54) is 25.6 Å². The molecule has 234 valence electrons. The first-order chi connectivity index (χ1) is 21.2. The second-order valence-electron chi connectivity index (χ2n) is 11.0. The standard InChI is InChI=1S/C32H37N3O8S/c1-39-22-14-19-12-13-34-30(29(19)26(18-22)40-2)24-10-7-11-25(32(34)36)35(24)44(37,38)23-9-6-8-20(15-23)33-21-16-27(41-3)31(43-5)28(17-21)42-4/h6,8-9,14-18,24-25,30,33H,7,10-13H2,1-5H3. The van der Waals surface area contributed by atoms with Crippen LogP contribution in [0.15, 0.2) is 53.4 Å². The number of carbonyl (C=O) groups is 1. The van der Waals surface area contributed by atoms with Crippen LogP contribution in [0.25, 0.3) is 0 Å². The predicted octanol–water partition coefficient (Wildman–Crippen LogP) is 4.52. The number of methoxy groups -OCH3 is 5. The molecule has 44 heavy (non-hydrogen) atoms. The quantitative estimate of drug-likeness (QED) is 0.367. The molecule has 3 aromatic carbocycles. The van der Waals surface area contributed by atoms with Crippen molar-refractivity contribution >= 4 is 27.3 Å². The summed E-state index contributed by atoms with van der Waals surface area (Å²) in [7, 11) is 3.70. The summed E-state index contributed by atoms with van der Waals surface area (Å²) >= 11 is 0. The van der Waals surface area contributed by atoms with Crippen LogP contribution >= 0.6 is 0 Å². The lowest BCUT2D eigenvalue weighted by atomic mass is 9.79. The number of ether oxygens (including phenoxy) is 5. The zero-order valence-electron chi connectivity index (χ0n) is 25.5. The van der Waals surface area contributed by atoms with Gasteiger partial charge in [0.25, 0.3) is 0 Å². The maximum absolute atomic E-state index is 14.5. The summed E-state index contributed by atoms with van der Waals surface area (Å²) in [6.07, 6.45) is 2.51. The number of hydrogen-bond donors (Lipinski definition) is 1. The Morgan fingerprint density at radius 2 is 1.55 bits per heavy atom. The molecule has 12 heteroatoms. The minimum Gasteiger partial charge on any atom is -0.497 e. The fourth-order valence-corrected chi connectivity index (χ4v) is 8.79. The van der Waals surface area contributed by atoms with Crippen molar-refractivity contribution in [2.75, 3.05) is 47.4 Å². The molecule has 3 atom stereocenters. The Morgan fingerprint density at radius 1 is 0.818 bits per heavy atom. The van der Waals surface area contributed by atoms with Gasteiger partial charge in [0.15, 0.2) is 11.5 Å². The maximum Gasteiger partial charge on any atom is 0.244 e. The van der Waals surface area contributed by atoms with Crippen LogP contribution in [-0.2, 0) is 21.2 Å². The summed E-state index contributed by atoms with van der Waals surface area (Å²) in [6.45, 7) is 0.516. The van der Waals surface area contributed by atoms with E-state index in [-0.39, 0.29) is 10.8 Å². The van der Waals surface area contributed by atoms with Gasteiger partial charge in [0, 0.05) is 41.7 Å². The summed E-state index contributed by atoms with van der Waals surface area (Å²) in [4.78, 5) is 15.9. The third-order valence-corrected chi connectivity index (χ3v) is 10.7. The van der Waals surface area contributed by atoms with Crippen molar-refractivity contribution in [2.24, 2.45) is 0 Å². The normalized spacial score (nSPS) is 21.2. The molecule has 2 fully saturated rings. The Labute approximate surface area is 257 Å². The van der Waals surface area contributed by atoms with Gasteiger partial charge in [-0.25, -0.2) is 8.42 Å². The molecule has 0 aliphatic carbocycles. The lowest BCUT2D eigenvalue weighted by molar-refractivity contribution is -0.150. The molecule has 1 amide bonds. The number of carbonyl (C=O) groups excluding carboxylic acids is 1. The monoisotopic (exact) mass is 623 g/mol. The number of rotatable bonds is 9. The van der Waals surface area contributed by atoms with E-state index >= 15 is 0 Å². The van der Waals surface area contributed by atoms with Gasteiger partial charge in [-0.05, 0) is 55.5 Å². The van der Waals surface area contributed by atoms with E-state index in [2.05, 4.69) is 5.32 Å². The number of fused-ring (bicyclic) bond motifs is 6. The number of amides is 1. The Balaban J connectivity index is 1.38. The molecule has 0 radical (unpaired) electrons. The van der Waals surface area contributed by atoms with Gasteiger partial charge in [0.05, 0.1) is 52.5 Å². The summed E-state index contributed by atoms with van der Waals surface area (Å²) in [5, 5.41) is 3.26. The first-order valence-electron chi connectivity index (χ1n) is 14.5. The number of piperidine rings is 1. The molecule has 3 aromatic rings. The van der Waals surface area contributed by atoms with Gasteiger partial charge in [0.1, 0.15) is 17.5 Å². The molecule has 2 saturated heterocycles. The molecule has 3 aliphatic rings. The van der Waals surface area contributed by atoms with Gasteiger partial charge in [-0.15, -0.1) is 0 Å². The summed E-state index contributed by atoms with van der Waals surface area (Å²) in [5.74, 6) is 2.47. The zero-order valence-corrected chi connectivity index (χ0v) is 26.3. The van der Waals surface area contributed by atoms with E-state index < -0.39 is 28.1 Å². The highest BCUT2D eigenvalue weighted by molar-refractivity contribution is 7.89. The number of anilines is 2. The van der Waals surface area contributed by atoms with E-state index in [4.69, 9.17) is 23.7 Å². The third kappa shape index (κ3) is 4.86. The van der Waals surface area contributed by atoms with Crippen LogP contribution in [0.2, 0.25) is 0 Å². The molecule has 6 rings (SSSR count). The molecular formula is C32H37N3O8S. The van der Waals surface area contributed by atoms with Gasteiger partial charge in [-0.3, -0.25) is 4.79 Å². The van der Waals surface area contributed by atoms with Crippen molar-refractivity contribution in [3.63, 3.8) is 0 Å². The predicted molar refractivity (Wildman–Crippen MR) is 164 cm³/mol. The summed E-state index contributed by atoms with van der Waals surface area (Å²) in [6, 6.07) is 12.2. The average Bonchev–Trinajstić information content (AvgIpc) is 3.05. The molecule has 2 bridgehead atoms. The smallest absolute Gasteiger partial charge is 0.244 e. The molecule has 3 unspecified atom stereocenters. The molecule has 3 heterocycles. The first kappa shape index (κ1) is 29.9. The lowest BCUT2D eigenvalue weighted by Crippen LogP contribution is -2.67. The number of hydrogen-bond acceptors (Lipinski definition) is 9. The molecule has 3 aliphatic heterocycles. The fraction of sp³-hybridized carbons (Fsp3) is 0.406. The van der Waals surface area contributed by atoms with E-state index in [1.54, 1.807) is 56.7 Å². The Hall–Kier alpha value is -4.16. The van der Waals surface area contributed by atoms with Crippen LogP contribution in [0.1, 0.15) is 36.4 Å². The number of nitrogens with one attached hydrogen (secondary N) is 1. The molecule has 0 saturated carbocycles. The van der Waals surface area contributed by atoms with E-state index in [0.717, 1.165) is 17.5 Å². The summed E-state index contributed by atoms with van der Waals surface area (Å²) in [5.41, 5.74) is 3.03. The third-order valence-electron chi connectivity index (χ3n) is 8.82. The largest absolute Gasteiger partial charge is 0.497 e. The molecule has 1 N–H and O–H groups in total. The van der Waals surface area contributed by atoms with E-state index in [1.807, 2.05) is 11.0 Å². The van der Waals surface area contributed by atoms with E-state index in [0.29, 0.717) is 65.9 Å². The Kier molecular flexibility index (Phi) is 7.97. The van der Waals surface area contributed by atoms with Gasteiger partial charge in [0.2, 0.25) is 21.7 Å². The van der Waals surface area contributed by atoms with Crippen molar-refractivity contribution < 1.29 is 36.9 Å². The van der Waals surface area contributed by atoms with Crippen LogP contribution in [0.4, 0.5) is 11.4 Å². The highest BCUT2D eigenvalue weighted by atomic mass is 32.2. The van der Waals surface area contributed by atoms with Crippen LogP contribution in [0, 0.1) is 0 Å². The second-order valence-corrected chi connectivity index (χ2v) is 12.9. The van der Waals surface area contributed by atoms with E-state index in [9.17, 15) is 13.2 Å². The highest BCUT2D eigenvalue weighted by Gasteiger charge is 2.55. The number of nitrogens with zero attached hydrogens (tertiary/aromatic N) is 2. The van der Waals surface area contributed by atoms with Crippen LogP contribution in [-0.4, -0.2) is 77.7 Å².